The van der Waals surface area contributed by atoms with Crippen molar-refractivity contribution in [3.8, 4) is 5.69 Å². The lowest BCUT2D eigenvalue weighted by Gasteiger charge is -2.13. The summed E-state index contributed by atoms with van der Waals surface area (Å²) in [4.78, 5) is 38.6. The highest BCUT2D eigenvalue weighted by atomic mass is 32.1. The third-order valence-corrected chi connectivity index (χ3v) is 5.38. The number of carbonyl (C=O) groups excluding carboxylic acids is 1. The molecule has 0 spiro atoms. The highest BCUT2D eigenvalue weighted by Gasteiger charge is 2.17. The largest absolute Gasteiger partial charge is 0.336 e. The van der Waals surface area contributed by atoms with Crippen LogP contribution in [0.1, 0.15) is 5.56 Å². The van der Waals surface area contributed by atoms with Crippen LogP contribution < -0.4 is 16.6 Å². The third-order valence-electron chi connectivity index (χ3n) is 4.49. The molecular weight excluding hydrogens is 374 g/mol. The zero-order valence-electron chi connectivity index (χ0n) is 15.1. The van der Waals surface area contributed by atoms with Crippen LogP contribution in [0.2, 0.25) is 0 Å². The molecule has 0 saturated heterocycles. The molecule has 2 aromatic carbocycles. The number of anilines is 1. The predicted octanol–water partition coefficient (Wildman–Crippen LogP) is 3.16. The minimum Gasteiger partial charge on any atom is -0.324 e. The van der Waals surface area contributed by atoms with E-state index in [-0.39, 0.29) is 18.0 Å². The number of nitrogens with one attached hydrogen (secondary N) is 1. The topological polar surface area (TPSA) is 73.1 Å². The Morgan fingerprint density at radius 3 is 2.46 bits per heavy atom. The fourth-order valence-electron chi connectivity index (χ4n) is 3.09. The summed E-state index contributed by atoms with van der Waals surface area (Å²) < 4.78 is 2.89. The van der Waals surface area contributed by atoms with Gasteiger partial charge in [-0.2, -0.15) is 0 Å². The summed E-state index contributed by atoms with van der Waals surface area (Å²) in [7, 11) is 0. The van der Waals surface area contributed by atoms with Crippen molar-refractivity contribution in [2.75, 3.05) is 5.32 Å². The molecule has 0 unspecified atom stereocenters. The van der Waals surface area contributed by atoms with Crippen LogP contribution in [0.25, 0.3) is 15.9 Å². The van der Waals surface area contributed by atoms with E-state index in [2.05, 4.69) is 5.32 Å². The van der Waals surface area contributed by atoms with Crippen LogP contribution in [0.3, 0.4) is 0 Å². The molecule has 6 nitrogen and oxygen atoms in total. The molecule has 0 atom stereocenters. The van der Waals surface area contributed by atoms with Crippen LogP contribution in [0.15, 0.2) is 75.6 Å². The van der Waals surface area contributed by atoms with Crippen LogP contribution in [-0.2, 0) is 11.3 Å². The van der Waals surface area contributed by atoms with Gasteiger partial charge in [-0.3, -0.25) is 14.2 Å². The maximum Gasteiger partial charge on any atom is 0.336 e. The smallest absolute Gasteiger partial charge is 0.324 e. The molecular formula is C21H17N3O3S. The van der Waals surface area contributed by atoms with Gasteiger partial charge >= 0.3 is 5.69 Å². The van der Waals surface area contributed by atoms with Crippen LogP contribution in [0.4, 0.5) is 5.69 Å². The summed E-state index contributed by atoms with van der Waals surface area (Å²) in [5.74, 6) is -0.331. The number of hydrogen-bond acceptors (Lipinski definition) is 4. The van der Waals surface area contributed by atoms with Crippen molar-refractivity contribution in [2.45, 2.75) is 13.5 Å². The first kappa shape index (κ1) is 17.9. The van der Waals surface area contributed by atoms with Crippen LogP contribution in [0, 0.1) is 6.92 Å². The van der Waals surface area contributed by atoms with Crippen molar-refractivity contribution in [1.82, 2.24) is 9.13 Å². The molecule has 0 aliphatic rings. The van der Waals surface area contributed by atoms with Gasteiger partial charge in [0.1, 0.15) is 11.2 Å². The van der Waals surface area contributed by atoms with Crippen molar-refractivity contribution in [3.05, 3.63) is 92.4 Å². The molecule has 0 fully saturated rings. The summed E-state index contributed by atoms with van der Waals surface area (Å²) in [5.41, 5.74) is 1.64. The molecule has 140 valence electrons. The zero-order valence-corrected chi connectivity index (χ0v) is 15.9. The Morgan fingerprint density at radius 1 is 1.00 bits per heavy atom. The van der Waals surface area contributed by atoms with Gasteiger partial charge in [-0.15, -0.1) is 11.3 Å². The number of amides is 1. The minimum atomic E-state index is -0.540. The molecule has 1 amide bonds. The maximum absolute atomic E-state index is 13.1. The third kappa shape index (κ3) is 3.16. The van der Waals surface area contributed by atoms with Gasteiger partial charge in [0.25, 0.3) is 5.56 Å². The lowest BCUT2D eigenvalue weighted by Crippen LogP contribution is -2.40. The summed E-state index contributed by atoms with van der Waals surface area (Å²) >= 11 is 1.25. The fraction of sp³-hybridized carbons (Fsp3) is 0.0952. The number of benzene rings is 2. The normalized spacial score (nSPS) is 10.9. The van der Waals surface area contributed by atoms with E-state index in [0.29, 0.717) is 21.6 Å². The van der Waals surface area contributed by atoms with Crippen molar-refractivity contribution >= 4 is 33.1 Å². The number of carbonyl (C=O) groups is 1. The van der Waals surface area contributed by atoms with E-state index in [9.17, 15) is 14.4 Å². The Bertz CT molecular complexity index is 1290. The molecule has 0 bridgehead atoms. The lowest BCUT2D eigenvalue weighted by molar-refractivity contribution is -0.116. The van der Waals surface area contributed by atoms with E-state index >= 15 is 0 Å². The number of aromatic nitrogens is 2. The Labute approximate surface area is 164 Å². The summed E-state index contributed by atoms with van der Waals surface area (Å²) in [6, 6.07) is 17.8. The number of rotatable bonds is 4. The minimum absolute atomic E-state index is 0.187. The molecule has 2 heterocycles. The molecule has 1 N–H and O–H groups in total. The summed E-state index contributed by atoms with van der Waals surface area (Å²) in [6.45, 7) is 1.71. The molecule has 4 aromatic rings. The Morgan fingerprint density at radius 2 is 1.71 bits per heavy atom. The molecule has 4 rings (SSSR count). The Kier molecular flexibility index (Phi) is 4.67. The first-order valence-corrected chi connectivity index (χ1v) is 9.58. The van der Waals surface area contributed by atoms with Gasteiger partial charge in [-0.05, 0) is 42.1 Å². The molecule has 0 aliphatic heterocycles. The lowest BCUT2D eigenvalue weighted by atomic mass is 10.2. The van der Waals surface area contributed by atoms with E-state index in [1.54, 1.807) is 41.8 Å². The van der Waals surface area contributed by atoms with E-state index in [1.807, 2.05) is 31.2 Å². The first-order chi connectivity index (χ1) is 13.6. The van der Waals surface area contributed by atoms with E-state index in [0.717, 1.165) is 10.1 Å². The van der Waals surface area contributed by atoms with Gasteiger partial charge in [0.05, 0.1) is 11.2 Å². The summed E-state index contributed by atoms with van der Waals surface area (Å²) in [6.07, 6.45) is 0. The van der Waals surface area contributed by atoms with Crippen molar-refractivity contribution in [3.63, 3.8) is 0 Å². The highest BCUT2D eigenvalue weighted by Crippen LogP contribution is 2.17. The molecule has 0 aliphatic carbocycles. The summed E-state index contributed by atoms with van der Waals surface area (Å²) in [5, 5.41) is 4.58. The molecule has 0 radical (unpaired) electrons. The number of nitrogens with zero attached hydrogens (tertiary/aromatic N) is 2. The first-order valence-electron chi connectivity index (χ1n) is 8.70. The number of thiophene rings is 1. The van der Waals surface area contributed by atoms with Crippen molar-refractivity contribution in [1.29, 1.82) is 0 Å². The van der Waals surface area contributed by atoms with Gasteiger partial charge in [0.15, 0.2) is 0 Å². The Balaban J connectivity index is 1.80. The molecule has 2 aromatic heterocycles. The van der Waals surface area contributed by atoms with Gasteiger partial charge in [-0.25, -0.2) is 9.36 Å². The maximum atomic E-state index is 13.1. The van der Waals surface area contributed by atoms with E-state index < -0.39 is 5.69 Å². The quantitative estimate of drug-likeness (QED) is 0.581. The number of aryl methyl sites for hydroxylation is 1. The number of hydrogen-bond donors (Lipinski definition) is 1. The zero-order chi connectivity index (χ0) is 19.7. The van der Waals surface area contributed by atoms with Crippen molar-refractivity contribution < 1.29 is 4.79 Å². The van der Waals surface area contributed by atoms with Gasteiger partial charge in [0, 0.05) is 5.69 Å². The van der Waals surface area contributed by atoms with Gasteiger partial charge in [0.2, 0.25) is 5.91 Å². The monoisotopic (exact) mass is 391 g/mol. The second-order valence-electron chi connectivity index (χ2n) is 6.34. The highest BCUT2D eigenvalue weighted by molar-refractivity contribution is 7.17. The van der Waals surface area contributed by atoms with Crippen LogP contribution in [-0.4, -0.2) is 15.0 Å². The van der Waals surface area contributed by atoms with Crippen LogP contribution >= 0.6 is 11.3 Å². The predicted molar refractivity (Wildman–Crippen MR) is 111 cm³/mol. The van der Waals surface area contributed by atoms with Gasteiger partial charge in [-0.1, -0.05) is 36.4 Å². The average molecular weight is 391 g/mol. The fourth-order valence-corrected chi connectivity index (χ4v) is 3.92. The number of fused-ring (bicyclic) bond motifs is 1. The molecule has 28 heavy (non-hydrogen) atoms. The second-order valence-corrected chi connectivity index (χ2v) is 7.26. The molecule has 7 heteroatoms. The van der Waals surface area contributed by atoms with E-state index in [1.165, 1.54) is 15.9 Å². The standard InChI is InChI=1S/C21H17N3O3S/c1-14-7-5-6-10-16(14)22-18(25)13-23-17-11-12-28-19(17)20(26)24(21(23)27)15-8-3-2-4-9-15/h2-12H,13H2,1H3,(H,22,25). The van der Waals surface area contributed by atoms with E-state index in [4.69, 9.17) is 0 Å². The number of para-hydroxylation sites is 2. The second kappa shape index (κ2) is 7.28. The molecule has 0 saturated carbocycles. The average Bonchev–Trinajstić information content (AvgIpc) is 3.18. The van der Waals surface area contributed by atoms with Crippen molar-refractivity contribution in [2.24, 2.45) is 0 Å². The SMILES string of the molecule is Cc1ccccc1NC(=O)Cn1c(=O)n(-c2ccccc2)c(=O)c2sccc21. The Hall–Kier alpha value is -3.45. The van der Waals surface area contributed by atoms with Gasteiger partial charge < -0.3 is 5.32 Å². The van der Waals surface area contributed by atoms with Crippen LogP contribution in [0.5, 0.6) is 0 Å².